The molecule has 0 aliphatic rings. The second-order valence-electron chi connectivity index (χ2n) is 6.77. The third-order valence-electron chi connectivity index (χ3n) is 4.36. The monoisotopic (exact) mass is 506 g/mol. The first-order valence-electron chi connectivity index (χ1n) is 9.11. The molecule has 0 fully saturated rings. The maximum Gasteiger partial charge on any atom is 0.243 e. The summed E-state index contributed by atoms with van der Waals surface area (Å²) < 4.78 is 28.6. The van der Waals surface area contributed by atoms with Gasteiger partial charge in [0, 0.05) is 21.7 Å². The summed E-state index contributed by atoms with van der Waals surface area (Å²) in [6, 6.07) is 20.6. The van der Waals surface area contributed by atoms with E-state index in [0.29, 0.717) is 10.7 Å². The third kappa shape index (κ3) is 5.92. The number of halogens is 2. The molecule has 0 aliphatic carbocycles. The van der Waals surface area contributed by atoms with Gasteiger partial charge in [0.1, 0.15) is 0 Å². The lowest BCUT2D eigenvalue weighted by Gasteiger charge is -2.22. The highest BCUT2D eigenvalue weighted by molar-refractivity contribution is 9.10. The number of hydrogen-bond donors (Lipinski definition) is 1. The number of nitrogens with one attached hydrogen (secondary N) is 1. The lowest BCUT2D eigenvalue weighted by atomic mass is 10.2. The van der Waals surface area contributed by atoms with Crippen LogP contribution in [0.2, 0.25) is 5.02 Å². The molecule has 0 spiro atoms. The summed E-state index contributed by atoms with van der Waals surface area (Å²) in [6.07, 6.45) is 0. The molecule has 5 nitrogen and oxygen atoms in total. The third-order valence-corrected chi connectivity index (χ3v) is 6.93. The summed E-state index contributed by atoms with van der Waals surface area (Å²) in [5.74, 6) is -0.454. The molecule has 0 heterocycles. The molecule has 1 N–H and O–H groups in total. The smallest absolute Gasteiger partial charge is 0.243 e. The highest BCUT2D eigenvalue weighted by Crippen LogP contribution is 2.21. The number of nitrogens with zero attached hydrogens (tertiary/aromatic N) is 1. The van der Waals surface area contributed by atoms with E-state index in [4.69, 9.17) is 11.6 Å². The Labute approximate surface area is 189 Å². The predicted octanol–water partition coefficient (Wildman–Crippen LogP) is 5.24. The molecule has 8 heteroatoms. The first-order chi connectivity index (χ1) is 14.2. The van der Waals surface area contributed by atoms with Crippen LogP contribution in [-0.4, -0.2) is 25.2 Å². The molecule has 0 radical (unpaired) electrons. The second kappa shape index (κ2) is 9.75. The molecule has 3 aromatic carbocycles. The van der Waals surface area contributed by atoms with E-state index in [1.165, 1.54) is 4.31 Å². The summed E-state index contributed by atoms with van der Waals surface area (Å²) >= 11 is 9.33. The number of aryl methyl sites for hydroxylation is 1. The van der Waals surface area contributed by atoms with Gasteiger partial charge in [-0.1, -0.05) is 63.4 Å². The first kappa shape index (κ1) is 22.5. The Morgan fingerprint density at radius 3 is 2.33 bits per heavy atom. The van der Waals surface area contributed by atoms with Crippen molar-refractivity contribution in [3.8, 4) is 0 Å². The number of carbonyl (C=O) groups is 1. The molecule has 3 aromatic rings. The fourth-order valence-electron chi connectivity index (χ4n) is 2.81. The van der Waals surface area contributed by atoms with Crippen molar-refractivity contribution in [2.24, 2.45) is 0 Å². The van der Waals surface area contributed by atoms with Gasteiger partial charge in [0.05, 0.1) is 11.4 Å². The van der Waals surface area contributed by atoms with Crippen LogP contribution in [0.15, 0.2) is 82.2 Å². The average molecular weight is 508 g/mol. The van der Waals surface area contributed by atoms with Gasteiger partial charge in [-0.05, 0) is 55.0 Å². The molecule has 0 saturated heterocycles. The fourth-order valence-corrected chi connectivity index (χ4v) is 4.64. The molecule has 0 saturated carbocycles. The molecule has 0 unspecified atom stereocenters. The Bertz CT molecular complexity index is 1130. The number of hydrogen-bond acceptors (Lipinski definition) is 3. The van der Waals surface area contributed by atoms with Crippen LogP contribution < -0.4 is 5.32 Å². The minimum absolute atomic E-state index is 0.0620. The van der Waals surface area contributed by atoms with Gasteiger partial charge in [-0.2, -0.15) is 4.31 Å². The Kier molecular flexibility index (Phi) is 7.31. The molecule has 156 valence electrons. The molecule has 0 aliphatic heterocycles. The van der Waals surface area contributed by atoms with Gasteiger partial charge >= 0.3 is 0 Å². The molecule has 3 rings (SSSR count). The van der Waals surface area contributed by atoms with E-state index in [1.807, 2.05) is 31.2 Å². The van der Waals surface area contributed by atoms with Crippen LogP contribution in [0.5, 0.6) is 0 Å². The summed E-state index contributed by atoms with van der Waals surface area (Å²) in [5.41, 5.74) is 2.22. The van der Waals surface area contributed by atoms with Crippen LogP contribution in [0.4, 0.5) is 5.69 Å². The van der Waals surface area contributed by atoms with Crippen LogP contribution in [-0.2, 0) is 21.4 Å². The highest BCUT2D eigenvalue weighted by Gasteiger charge is 2.27. The molecule has 1 amide bonds. The number of carbonyl (C=O) groups excluding carboxylic acids is 1. The molecule has 0 aromatic heterocycles. The van der Waals surface area contributed by atoms with E-state index >= 15 is 0 Å². The van der Waals surface area contributed by atoms with Crippen LogP contribution in [0.1, 0.15) is 11.1 Å². The van der Waals surface area contributed by atoms with Crippen LogP contribution in [0.3, 0.4) is 0 Å². The maximum absolute atomic E-state index is 13.3. The largest absolute Gasteiger partial charge is 0.325 e. The lowest BCUT2D eigenvalue weighted by molar-refractivity contribution is -0.116. The number of amides is 1. The summed E-state index contributed by atoms with van der Waals surface area (Å²) in [5, 5.41) is 3.18. The van der Waals surface area contributed by atoms with Crippen LogP contribution >= 0.6 is 27.5 Å². The van der Waals surface area contributed by atoms with Gasteiger partial charge in [-0.25, -0.2) is 8.42 Å². The zero-order valence-electron chi connectivity index (χ0n) is 16.2. The topological polar surface area (TPSA) is 66.5 Å². The van der Waals surface area contributed by atoms with Crippen molar-refractivity contribution >= 4 is 49.1 Å². The molecule has 0 bridgehead atoms. The number of anilines is 1. The van der Waals surface area contributed by atoms with Gasteiger partial charge in [0.15, 0.2) is 0 Å². The second-order valence-corrected chi connectivity index (χ2v) is 10.1. The highest BCUT2D eigenvalue weighted by atomic mass is 79.9. The van der Waals surface area contributed by atoms with Crippen molar-refractivity contribution in [1.82, 2.24) is 4.31 Å². The van der Waals surface area contributed by atoms with E-state index in [-0.39, 0.29) is 18.0 Å². The van der Waals surface area contributed by atoms with Crippen molar-refractivity contribution < 1.29 is 13.2 Å². The van der Waals surface area contributed by atoms with E-state index in [1.54, 1.807) is 48.5 Å². The standard InChI is InChI=1S/C22H20BrClN2O3S/c1-16-5-11-21(12-6-16)30(28,29)26(14-17-7-9-18(23)10-8-17)15-22(27)25-20-4-2-3-19(24)13-20/h2-13H,14-15H2,1H3,(H,25,27). The van der Waals surface area contributed by atoms with E-state index in [0.717, 1.165) is 15.6 Å². The lowest BCUT2D eigenvalue weighted by Crippen LogP contribution is -2.37. The number of benzene rings is 3. The fraction of sp³-hybridized carbons (Fsp3) is 0.136. The minimum Gasteiger partial charge on any atom is -0.325 e. The SMILES string of the molecule is Cc1ccc(S(=O)(=O)N(CC(=O)Nc2cccc(Cl)c2)Cc2ccc(Br)cc2)cc1. The van der Waals surface area contributed by atoms with Crippen molar-refractivity contribution in [2.75, 3.05) is 11.9 Å². The number of sulfonamides is 1. The van der Waals surface area contributed by atoms with Gasteiger partial charge in [-0.3, -0.25) is 4.79 Å². The Morgan fingerprint density at radius 1 is 1.03 bits per heavy atom. The van der Waals surface area contributed by atoms with Crippen molar-refractivity contribution in [1.29, 1.82) is 0 Å². The molecular weight excluding hydrogens is 488 g/mol. The van der Waals surface area contributed by atoms with Gasteiger partial charge < -0.3 is 5.32 Å². The Morgan fingerprint density at radius 2 is 1.70 bits per heavy atom. The number of rotatable bonds is 7. The van der Waals surface area contributed by atoms with Crippen molar-refractivity contribution in [3.05, 3.63) is 93.4 Å². The van der Waals surface area contributed by atoms with Crippen LogP contribution in [0.25, 0.3) is 0 Å². The van der Waals surface area contributed by atoms with E-state index < -0.39 is 15.9 Å². The minimum atomic E-state index is -3.89. The van der Waals surface area contributed by atoms with E-state index in [2.05, 4.69) is 21.2 Å². The normalized spacial score (nSPS) is 11.5. The van der Waals surface area contributed by atoms with Crippen molar-refractivity contribution in [3.63, 3.8) is 0 Å². The summed E-state index contributed by atoms with van der Waals surface area (Å²) in [6.45, 7) is 1.61. The van der Waals surface area contributed by atoms with Gasteiger partial charge in [-0.15, -0.1) is 0 Å². The van der Waals surface area contributed by atoms with E-state index in [9.17, 15) is 13.2 Å². The molecule has 0 atom stereocenters. The zero-order chi connectivity index (χ0) is 21.7. The zero-order valence-corrected chi connectivity index (χ0v) is 19.3. The van der Waals surface area contributed by atoms with Gasteiger partial charge in [0.25, 0.3) is 0 Å². The predicted molar refractivity (Wildman–Crippen MR) is 123 cm³/mol. The summed E-state index contributed by atoms with van der Waals surface area (Å²) in [4.78, 5) is 12.8. The quantitative estimate of drug-likeness (QED) is 0.475. The first-order valence-corrected chi connectivity index (χ1v) is 11.7. The summed E-state index contributed by atoms with van der Waals surface area (Å²) in [7, 11) is -3.89. The Hall–Kier alpha value is -2.19. The van der Waals surface area contributed by atoms with Gasteiger partial charge in [0.2, 0.25) is 15.9 Å². The molecular formula is C22H20BrClN2O3S. The van der Waals surface area contributed by atoms with Crippen molar-refractivity contribution in [2.45, 2.75) is 18.4 Å². The maximum atomic E-state index is 13.3. The Balaban J connectivity index is 1.87. The molecule has 30 heavy (non-hydrogen) atoms. The average Bonchev–Trinajstić information content (AvgIpc) is 2.69. The van der Waals surface area contributed by atoms with Crippen LogP contribution in [0, 0.1) is 6.92 Å².